The molecule has 17 heavy (non-hydrogen) atoms. The predicted octanol–water partition coefficient (Wildman–Crippen LogP) is 4.49. The molecule has 2 nitrogen and oxygen atoms in total. The van der Waals surface area contributed by atoms with Crippen LogP contribution in [0, 0.1) is 6.92 Å². The van der Waals surface area contributed by atoms with Crippen LogP contribution in [-0.2, 0) is 6.61 Å². The lowest BCUT2D eigenvalue weighted by atomic mass is 10.2. The lowest BCUT2D eigenvalue weighted by Gasteiger charge is -2.06. The summed E-state index contributed by atoms with van der Waals surface area (Å²) in [5.41, 5.74) is 2.05. The van der Waals surface area contributed by atoms with Crippen LogP contribution in [-0.4, -0.2) is 4.98 Å². The number of pyridine rings is 1. The lowest BCUT2D eigenvalue weighted by molar-refractivity contribution is 0.293. The van der Waals surface area contributed by atoms with Crippen LogP contribution >= 0.6 is 31.9 Å². The third-order valence-corrected chi connectivity index (χ3v) is 3.66. The van der Waals surface area contributed by atoms with E-state index in [2.05, 4.69) is 36.8 Å². The van der Waals surface area contributed by atoms with Gasteiger partial charge in [0.05, 0.1) is 5.69 Å². The molecule has 0 unspecified atom stereocenters. The third-order valence-electron chi connectivity index (χ3n) is 2.30. The van der Waals surface area contributed by atoms with E-state index in [1.54, 1.807) is 0 Å². The van der Waals surface area contributed by atoms with Crippen LogP contribution in [0.25, 0.3) is 0 Å². The molecule has 0 fully saturated rings. The molecule has 1 aromatic heterocycles. The maximum absolute atomic E-state index is 5.62. The molecule has 0 saturated heterocycles. The maximum atomic E-state index is 5.62. The summed E-state index contributed by atoms with van der Waals surface area (Å²) in [6.07, 6.45) is 0. The van der Waals surface area contributed by atoms with Gasteiger partial charge >= 0.3 is 0 Å². The minimum Gasteiger partial charge on any atom is -0.473 e. The Bertz CT molecular complexity index is 511. The van der Waals surface area contributed by atoms with Crippen molar-refractivity contribution in [2.75, 3.05) is 0 Å². The van der Waals surface area contributed by atoms with Crippen molar-refractivity contribution in [1.29, 1.82) is 0 Å². The van der Waals surface area contributed by atoms with Gasteiger partial charge in [-0.25, -0.2) is 4.98 Å². The molecular formula is C13H11Br2NO. The van der Waals surface area contributed by atoms with Crippen molar-refractivity contribution in [3.63, 3.8) is 0 Å². The van der Waals surface area contributed by atoms with Crippen molar-refractivity contribution < 1.29 is 4.74 Å². The van der Waals surface area contributed by atoms with Gasteiger partial charge in [-0.15, -0.1) is 0 Å². The average molecular weight is 357 g/mol. The van der Waals surface area contributed by atoms with Gasteiger partial charge in [0.2, 0.25) is 5.88 Å². The quantitative estimate of drug-likeness (QED) is 0.808. The Balaban J connectivity index is 2.02. The lowest BCUT2D eigenvalue weighted by Crippen LogP contribution is -1.98. The van der Waals surface area contributed by atoms with E-state index in [1.165, 1.54) is 0 Å². The Labute approximate surface area is 117 Å². The highest BCUT2D eigenvalue weighted by Gasteiger charge is 2.00. The van der Waals surface area contributed by atoms with Gasteiger partial charge in [-0.2, -0.15) is 0 Å². The van der Waals surface area contributed by atoms with Gasteiger partial charge in [-0.05, 0) is 46.6 Å². The highest BCUT2D eigenvalue weighted by Crippen LogP contribution is 2.18. The standard InChI is InChI=1S/C13H11Br2NO/c1-9-12(15)6-7-13(16-9)17-8-10-2-4-11(14)5-3-10/h2-7H,8H2,1H3. The zero-order valence-corrected chi connectivity index (χ0v) is 12.5. The van der Waals surface area contributed by atoms with Crippen LogP contribution in [0.1, 0.15) is 11.3 Å². The first-order valence-electron chi connectivity index (χ1n) is 5.15. The van der Waals surface area contributed by atoms with Crippen molar-refractivity contribution in [2.45, 2.75) is 13.5 Å². The van der Waals surface area contributed by atoms with Crippen LogP contribution in [0.3, 0.4) is 0 Å². The van der Waals surface area contributed by atoms with Crippen LogP contribution in [0.2, 0.25) is 0 Å². The Morgan fingerprint density at radius 3 is 2.41 bits per heavy atom. The van der Waals surface area contributed by atoms with Gasteiger partial charge in [-0.1, -0.05) is 28.1 Å². The van der Waals surface area contributed by atoms with E-state index in [0.29, 0.717) is 12.5 Å². The first kappa shape index (κ1) is 12.6. The summed E-state index contributed by atoms with van der Waals surface area (Å²) in [7, 11) is 0. The van der Waals surface area contributed by atoms with Crippen molar-refractivity contribution >= 4 is 31.9 Å². The number of nitrogens with zero attached hydrogens (tertiary/aromatic N) is 1. The molecule has 0 aliphatic rings. The fourth-order valence-electron chi connectivity index (χ4n) is 1.34. The number of ether oxygens (including phenoxy) is 1. The third kappa shape index (κ3) is 3.54. The van der Waals surface area contributed by atoms with E-state index >= 15 is 0 Å². The molecule has 0 radical (unpaired) electrons. The zero-order valence-electron chi connectivity index (χ0n) is 9.28. The van der Waals surface area contributed by atoms with E-state index in [4.69, 9.17) is 4.74 Å². The molecular weight excluding hydrogens is 346 g/mol. The minimum absolute atomic E-state index is 0.529. The van der Waals surface area contributed by atoms with Crippen LogP contribution in [0.5, 0.6) is 5.88 Å². The number of halogens is 2. The van der Waals surface area contributed by atoms with Crippen molar-refractivity contribution in [3.05, 3.63) is 56.6 Å². The highest BCUT2D eigenvalue weighted by atomic mass is 79.9. The SMILES string of the molecule is Cc1nc(OCc2ccc(Br)cc2)ccc1Br. The minimum atomic E-state index is 0.529. The summed E-state index contributed by atoms with van der Waals surface area (Å²) in [4.78, 5) is 4.33. The van der Waals surface area contributed by atoms with E-state index in [9.17, 15) is 0 Å². The molecule has 4 heteroatoms. The summed E-state index contributed by atoms with van der Waals surface area (Å²) in [6, 6.07) is 11.8. The molecule has 0 N–H and O–H groups in total. The maximum Gasteiger partial charge on any atom is 0.213 e. The van der Waals surface area contributed by atoms with Crippen molar-refractivity contribution in [1.82, 2.24) is 4.98 Å². The van der Waals surface area contributed by atoms with Crippen LogP contribution < -0.4 is 4.74 Å². The molecule has 0 aliphatic heterocycles. The number of rotatable bonds is 3. The predicted molar refractivity (Wildman–Crippen MR) is 75.1 cm³/mol. The highest BCUT2D eigenvalue weighted by molar-refractivity contribution is 9.10. The summed E-state index contributed by atoms with van der Waals surface area (Å²) >= 11 is 6.81. The Morgan fingerprint density at radius 2 is 1.76 bits per heavy atom. The van der Waals surface area contributed by atoms with Gasteiger partial charge in [-0.3, -0.25) is 0 Å². The zero-order chi connectivity index (χ0) is 12.3. The van der Waals surface area contributed by atoms with E-state index in [-0.39, 0.29) is 0 Å². The summed E-state index contributed by atoms with van der Waals surface area (Å²) in [5, 5.41) is 0. The van der Waals surface area contributed by atoms with Crippen molar-refractivity contribution in [3.8, 4) is 5.88 Å². The van der Waals surface area contributed by atoms with E-state index in [1.807, 2.05) is 43.3 Å². The molecule has 2 rings (SSSR count). The van der Waals surface area contributed by atoms with E-state index in [0.717, 1.165) is 20.2 Å². The Kier molecular flexibility index (Phi) is 4.18. The number of hydrogen-bond donors (Lipinski definition) is 0. The molecule has 0 spiro atoms. The molecule has 88 valence electrons. The van der Waals surface area contributed by atoms with Gasteiger partial charge in [0, 0.05) is 15.0 Å². The summed E-state index contributed by atoms with van der Waals surface area (Å²) in [6.45, 7) is 2.47. The average Bonchev–Trinajstić information content (AvgIpc) is 2.33. The summed E-state index contributed by atoms with van der Waals surface area (Å²) < 4.78 is 7.68. The van der Waals surface area contributed by atoms with Crippen LogP contribution in [0.15, 0.2) is 45.3 Å². The van der Waals surface area contributed by atoms with Gasteiger partial charge < -0.3 is 4.74 Å². The molecule has 1 aromatic carbocycles. The fourth-order valence-corrected chi connectivity index (χ4v) is 1.82. The number of aryl methyl sites for hydroxylation is 1. The topological polar surface area (TPSA) is 22.1 Å². The largest absolute Gasteiger partial charge is 0.473 e. The second-order valence-electron chi connectivity index (χ2n) is 3.63. The molecule has 0 aliphatic carbocycles. The molecule has 1 heterocycles. The Morgan fingerprint density at radius 1 is 1.06 bits per heavy atom. The van der Waals surface area contributed by atoms with Gasteiger partial charge in [0.15, 0.2) is 0 Å². The second-order valence-corrected chi connectivity index (χ2v) is 5.40. The molecule has 0 bridgehead atoms. The van der Waals surface area contributed by atoms with Gasteiger partial charge in [0.25, 0.3) is 0 Å². The normalized spacial score (nSPS) is 10.3. The van der Waals surface area contributed by atoms with Crippen molar-refractivity contribution in [2.24, 2.45) is 0 Å². The van der Waals surface area contributed by atoms with Crippen LogP contribution in [0.4, 0.5) is 0 Å². The Hall–Kier alpha value is -0.870. The number of aromatic nitrogens is 1. The van der Waals surface area contributed by atoms with E-state index < -0.39 is 0 Å². The second kappa shape index (κ2) is 5.65. The molecule has 0 atom stereocenters. The summed E-state index contributed by atoms with van der Waals surface area (Å²) in [5.74, 6) is 0.647. The van der Waals surface area contributed by atoms with Gasteiger partial charge in [0.1, 0.15) is 6.61 Å². The monoisotopic (exact) mass is 355 g/mol. The first-order chi connectivity index (χ1) is 8.15. The molecule has 0 saturated carbocycles. The molecule has 2 aromatic rings. The smallest absolute Gasteiger partial charge is 0.213 e. The first-order valence-corrected chi connectivity index (χ1v) is 6.74. The number of hydrogen-bond acceptors (Lipinski definition) is 2. The fraction of sp³-hybridized carbons (Fsp3) is 0.154. The molecule has 0 amide bonds. The number of benzene rings is 1.